The van der Waals surface area contributed by atoms with Gasteiger partial charge in [-0.1, -0.05) is 11.6 Å². The smallest absolute Gasteiger partial charge is 0.321 e. The van der Waals surface area contributed by atoms with Gasteiger partial charge in [-0.3, -0.25) is 14.9 Å². The SMILES string of the molecule is O=C(O)CCCCC(=O)NC(=O)NCc1ccc(Cl)s1. The number of amides is 3. The van der Waals surface area contributed by atoms with Gasteiger partial charge in [-0.05, 0) is 25.0 Å². The van der Waals surface area contributed by atoms with E-state index in [1.807, 2.05) is 0 Å². The number of hydrogen-bond acceptors (Lipinski definition) is 4. The average Bonchev–Trinajstić information content (AvgIpc) is 2.78. The minimum absolute atomic E-state index is 0.0264. The zero-order valence-corrected chi connectivity index (χ0v) is 12.2. The van der Waals surface area contributed by atoms with Gasteiger partial charge >= 0.3 is 12.0 Å². The molecule has 0 radical (unpaired) electrons. The zero-order valence-electron chi connectivity index (χ0n) is 10.6. The van der Waals surface area contributed by atoms with Gasteiger partial charge in [0.15, 0.2) is 0 Å². The van der Waals surface area contributed by atoms with Gasteiger partial charge in [0, 0.05) is 17.7 Å². The third-order valence-electron chi connectivity index (χ3n) is 2.35. The monoisotopic (exact) mass is 318 g/mol. The maximum Gasteiger partial charge on any atom is 0.321 e. The van der Waals surface area contributed by atoms with Gasteiger partial charge in [0.2, 0.25) is 5.91 Å². The maximum atomic E-state index is 11.4. The number of urea groups is 1. The van der Waals surface area contributed by atoms with Crippen molar-refractivity contribution in [2.24, 2.45) is 0 Å². The third kappa shape index (κ3) is 7.10. The predicted molar refractivity (Wildman–Crippen MR) is 75.8 cm³/mol. The van der Waals surface area contributed by atoms with Crippen molar-refractivity contribution < 1.29 is 19.5 Å². The Hall–Kier alpha value is -1.60. The quantitative estimate of drug-likeness (QED) is 0.672. The summed E-state index contributed by atoms with van der Waals surface area (Å²) in [5, 5.41) is 13.1. The first kappa shape index (κ1) is 16.5. The number of carboxylic acids is 1. The number of unbranched alkanes of at least 4 members (excludes halogenated alkanes) is 1. The highest BCUT2D eigenvalue weighted by molar-refractivity contribution is 7.16. The molecule has 0 saturated heterocycles. The van der Waals surface area contributed by atoms with Crippen molar-refractivity contribution in [2.45, 2.75) is 32.2 Å². The Morgan fingerprint density at radius 3 is 2.50 bits per heavy atom. The first-order valence-electron chi connectivity index (χ1n) is 6.01. The number of carbonyl (C=O) groups is 3. The molecule has 0 atom stereocenters. The lowest BCUT2D eigenvalue weighted by molar-refractivity contribution is -0.137. The van der Waals surface area contributed by atoms with Gasteiger partial charge in [-0.15, -0.1) is 11.3 Å². The molecule has 3 N–H and O–H groups in total. The molecule has 0 aromatic carbocycles. The topological polar surface area (TPSA) is 95.5 Å². The fourth-order valence-electron chi connectivity index (χ4n) is 1.41. The third-order valence-corrected chi connectivity index (χ3v) is 3.58. The van der Waals surface area contributed by atoms with Crippen LogP contribution in [0.1, 0.15) is 30.6 Å². The van der Waals surface area contributed by atoms with Crippen LogP contribution >= 0.6 is 22.9 Å². The van der Waals surface area contributed by atoms with E-state index in [0.29, 0.717) is 23.7 Å². The fourth-order valence-corrected chi connectivity index (χ4v) is 2.44. The Morgan fingerprint density at radius 2 is 1.90 bits per heavy atom. The second kappa shape index (κ2) is 8.55. The molecule has 3 amide bonds. The van der Waals surface area contributed by atoms with E-state index < -0.39 is 17.9 Å². The summed E-state index contributed by atoms with van der Waals surface area (Å²) >= 11 is 7.10. The molecular weight excluding hydrogens is 304 g/mol. The lowest BCUT2D eigenvalue weighted by atomic mass is 10.2. The molecule has 0 unspecified atom stereocenters. The van der Waals surface area contributed by atoms with Gasteiger partial charge in [-0.25, -0.2) is 4.79 Å². The Morgan fingerprint density at radius 1 is 1.20 bits per heavy atom. The molecule has 6 nitrogen and oxygen atoms in total. The lowest BCUT2D eigenvalue weighted by Gasteiger charge is -2.05. The van der Waals surface area contributed by atoms with Crippen LogP contribution in [0.15, 0.2) is 12.1 Å². The number of carbonyl (C=O) groups excluding carboxylic acids is 2. The molecule has 1 aromatic heterocycles. The van der Waals surface area contributed by atoms with Crippen molar-refractivity contribution in [1.82, 2.24) is 10.6 Å². The van der Waals surface area contributed by atoms with Crippen LogP contribution in [0, 0.1) is 0 Å². The van der Waals surface area contributed by atoms with Gasteiger partial charge in [-0.2, -0.15) is 0 Å². The summed E-state index contributed by atoms with van der Waals surface area (Å²) in [6.45, 7) is 0.301. The first-order valence-corrected chi connectivity index (χ1v) is 7.20. The number of nitrogens with one attached hydrogen (secondary N) is 2. The molecule has 0 spiro atoms. The second-order valence-electron chi connectivity index (χ2n) is 4.04. The van der Waals surface area contributed by atoms with Gasteiger partial charge < -0.3 is 10.4 Å². The minimum atomic E-state index is -0.891. The number of hydrogen-bond donors (Lipinski definition) is 3. The standard InChI is InChI=1S/C12H15ClN2O4S/c13-9-6-5-8(20-9)7-14-12(19)15-10(16)3-1-2-4-11(17)18/h5-6H,1-4,7H2,(H,17,18)(H2,14,15,16,19). The van der Waals surface area contributed by atoms with Crippen molar-refractivity contribution >= 4 is 40.8 Å². The lowest BCUT2D eigenvalue weighted by Crippen LogP contribution is -2.38. The summed E-state index contributed by atoms with van der Waals surface area (Å²) in [6.07, 6.45) is 1.01. The fraction of sp³-hybridized carbons (Fsp3) is 0.417. The normalized spacial score (nSPS) is 10.1. The van der Waals surface area contributed by atoms with Crippen LogP contribution in [-0.4, -0.2) is 23.0 Å². The Kier molecular flexibility index (Phi) is 7.03. The maximum absolute atomic E-state index is 11.4. The van der Waals surface area contributed by atoms with E-state index >= 15 is 0 Å². The number of rotatable bonds is 7. The molecule has 0 aliphatic heterocycles. The molecule has 20 heavy (non-hydrogen) atoms. The molecular formula is C12H15ClN2O4S. The summed E-state index contributed by atoms with van der Waals surface area (Å²) in [5.74, 6) is -1.31. The summed E-state index contributed by atoms with van der Waals surface area (Å²) in [6, 6.07) is 2.95. The van der Waals surface area contributed by atoms with Crippen LogP contribution in [0.5, 0.6) is 0 Å². The van der Waals surface area contributed by atoms with Gasteiger partial charge in [0.1, 0.15) is 0 Å². The van der Waals surface area contributed by atoms with Crippen LogP contribution in [0.2, 0.25) is 4.34 Å². The predicted octanol–water partition coefficient (Wildman–Crippen LogP) is 2.37. The second-order valence-corrected chi connectivity index (χ2v) is 5.84. The highest BCUT2D eigenvalue weighted by Crippen LogP contribution is 2.20. The van der Waals surface area contributed by atoms with E-state index in [1.165, 1.54) is 11.3 Å². The van der Waals surface area contributed by atoms with Crippen molar-refractivity contribution in [3.63, 3.8) is 0 Å². The summed E-state index contributed by atoms with van der Waals surface area (Å²) in [5.41, 5.74) is 0. The Balaban J connectivity index is 2.14. The van der Waals surface area contributed by atoms with Crippen LogP contribution in [0.3, 0.4) is 0 Å². The number of halogens is 1. The molecule has 110 valence electrons. The van der Waals surface area contributed by atoms with Crippen molar-refractivity contribution in [3.8, 4) is 0 Å². The number of thiophene rings is 1. The molecule has 0 aliphatic rings. The summed E-state index contributed by atoms with van der Waals surface area (Å²) in [4.78, 5) is 33.9. The van der Waals surface area contributed by atoms with E-state index in [1.54, 1.807) is 12.1 Å². The zero-order chi connectivity index (χ0) is 15.0. The van der Waals surface area contributed by atoms with Crippen LogP contribution in [0.4, 0.5) is 4.79 Å². The molecule has 1 aromatic rings. The van der Waals surface area contributed by atoms with E-state index in [-0.39, 0.29) is 12.8 Å². The molecule has 0 fully saturated rings. The summed E-state index contributed by atoms with van der Waals surface area (Å²) < 4.78 is 0.636. The molecule has 0 aliphatic carbocycles. The van der Waals surface area contributed by atoms with Gasteiger partial charge in [0.25, 0.3) is 0 Å². The van der Waals surface area contributed by atoms with E-state index in [4.69, 9.17) is 16.7 Å². The van der Waals surface area contributed by atoms with E-state index in [2.05, 4.69) is 10.6 Å². The average molecular weight is 319 g/mol. The minimum Gasteiger partial charge on any atom is -0.481 e. The first-order chi connectivity index (χ1) is 9.47. The Bertz CT molecular complexity index is 490. The van der Waals surface area contributed by atoms with Crippen molar-refractivity contribution in [1.29, 1.82) is 0 Å². The molecule has 0 saturated carbocycles. The number of carboxylic acid groups (broad SMARTS) is 1. The van der Waals surface area contributed by atoms with Crippen molar-refractivity contribution in [3.05, 3.63) is 21.3 Å². The van der Waals surface area contributed by atoms with Crippen molar-refractivity contribution in [2.75, 3.05) is 0 Å². The highest BCUT2D eigenvalue weighted by atomic mass is 35.5. The Labute approximate surface area is 125 Å². The van der Waals surface area contributed by atoms with Gasteiger partial charge in [0.05, 0.1) is 10.9 Å². The highest BCUT2D eigenvalue weighted by Gasteiger charge is 2.08. The van der Waals surface area contributed by atoms with E-state index in [9.17, 15) is 14.4 Å². The van der Waals surface area contributed by atoms with E-state index in [0.717, 1.165) is 4.88 Å². The van der Waals surface area contributed by atoms with Crippen LogP contribution < -0.4 is 10.6 Å². The van der Waals surface area contributed by atoms with Crippen LogP contribution in [-0.2, 0) is 16.1 Å². The van der Waals surface area contributed by atoms with Crippen LogP contribution in [0.25, 0.3) is 0 Å². The number of aliphatic carboxylic acids is 1. The summed E-state index contributed by atoms with van der Waals surface area (Å²) in [7, 11) is 0. The number of imide groups is 1. The largest absolute Gasteiger partial charge is 0.481 e. The molecule has 0 bridgehead atoms. The molecule has 1 rings (SSSR count). The molecule has 1 heterocycles. The molecule has 8 heteroatoms.